The van der Waals surface area contributed by atoms with E-state index in [4.69, 9.17) is 4.74 Å². The molecule has 7 heteroatoms. The summed E-state index contributed by atoms with van der Waals surface area (Å²) in [6.45, 7) is 4.43. The fraction of sp³-hybridized carbons (Fsp3) is 0.480. The summed E-state index contributed by atoms with van der Waals surface area (Å²) in [6.07, 6.45) is -2.80. The Kier molecular flexibility index (Phi) is 7.62. The minimum absolute atomic E-state index is 0.0220. The second-order valence-electron chi connectivity index (χ2n) is 8.69. The molecule has 1 fully saturated rings. The van der Waals surface area contributed by atoms with Crippen LogP contribution in [0, 0.1) is 12.8 Å². The van der Waals surface area contributed by atoms with Crippen molar-refractivity contribution in [3.63, 3.8) is 0 Å². The van der Waals surface area contributed by atoms with Crippen LogP contribution in [-0.2, 0) is 21.2 Å². The van der Waals surface area contributed by atoms with Crippen LogP contribution in [0.1, 0.15) is 54.5 Å². The first-order chi connectivity index (χ1) is 15.1. The molecule has 2 N–H and O–H groups in total. The minimum atomic E-state index is -4.39. The highest BCUT2D eigenvalue weighted by Crippen LogP contribution is 2.36. The number of aryl methyl sites for hydroxylation is 1. The molecule has 0 saturated carbocycles. The third-order valence-electron chi connectivity index (χ3n) is 6.26. The molecular weight excluding hydrogens is 417 g/mol. The Labute approximate surface area is 187 Å². The first-order valence-corrected chi connectivity index (χ1v) is 10.9. The Bertz CT molecular complexity index is 907. The molecule has 0 aromatic heterocycles. The van der Waals surface area contributed by atoms with Crippen LogP contribution in [0.25, 0.3) is 0 Å². The molecule has 1 amide bonds. The smallest absolute Gasteiger partial charge is 0.372 e. The molecule has 0 aliphatic carbocycles. The van der Waals surface area contributed by atoms with Crippen molar-refractivity contribution in [1.29, 1.82) is 0 Å². The van der Waals surface area contributed by atoms with Crippen LogP contribution in [0.5, 0.6) is 0 Å². The van der Waals surface area contributed by atoms with Gasteiger partial charge in [0.05, 0.1) is 23.8 Å². The van der Waals surface area contributed by atoms with E-state index in [9.17, 15) is 18.0 Å². The highest BCUT2D eigenvalue weighted by Gasteiger charge is 2.38. The zero-order valence-electron chi connectivity index (χ0n) is 18.8. The van der Waals surface area contributed by atoms with Gasteiger partial charge in [0.1, 0.15) is 0 Å². The summed E-state index contributed by atoms with van der Waals surface area (Å²) in [5.74, 6) is 0.254. The maximum Gasteiger partial charge on any atom is 0.416 e. The third kappa shape index (κ3) is 5.90. The Hall–Kier alpha value is -2.38. The normalized spacial score (nSPS) is 22.4. The molecular formula is C25H31F3N2O2. The molecule has 0 bridgehead atoms. The zero-order valence-corrected chi connectivity index (χ0v) is 18.8. The number of amides is 1. The van der Waals surface area contributed by atoms with E-state index < -0.39 is 23.4 Å². The van der Waals surface area contributed by atoms with Crippen molar-refractivity contribution in [2.45, 2.75) is 50.9 Å². The molecule has 2 aromatic carbocycles. The first-order valence-electron chi connectivity index (χ1n) is 10.9. The van der Waals surface area contributed by atoms with Crippen LogP contribution in [0.4, 0.5) is 13.2 Å². The SMILES string of the molecule is CNC(=O)C[C@H]1CC[C@@](CO[C@H](C)c2cc(C)cc(C(F)(F)F)c2)(c2ccccc2)NC1. The summed E-state index contributed by atoms with van der Waals surface area (Å²) < 4.78 is 45.9. The minimum Gasteiger partial charge on any atom is -0.372 e. The number of nitrogens with one attached hydrogen (secondary N) is 2. The van der Waals surface area contributed by atoms with E-state index in [-0.39, 0.29) is 11.8 Å². The number of hydrogen-bond acceptors (Lipinski definition) is 3. The van der Waals surface area contributed by atoms with Crippen molar-refractivity contribution in [2.75, 3.05) is 20.2 Å². The van der Waals surface area contributed by atoms with E-state index in [1.807, 2.05) is 30.3 Å². The lowest BCUT2D eigenvalue weighted by Crippen LogP contribution is -2.52. The molecule has 32 heavy (non-hydrogen) atoms. The maximum atomic E-state index is 13.2. The van der Waals surface area contributed by atoms with Gasteiger partial charge in [-0.05, 0) is 62.4 Å². The van der Waals surface area contributed by atoms with Crippen LogP contribution >= 0.6 is 0 Å². The molecule has 1 heterocycles. The first kappa shape index (κ1) is 24.3. The number of carbonyl (C=O) groups excluding carboxylic acids is 1. The third-order valence-corrected chi connectivity index (χ3v) is 6.26. The Balaban J connectivity index is 1.76. The largest absolute Gasteiger partial charge is 0.416 e. The van der Waals surface area contributed by atoms with E-state index in [0.29, 0.717) is 30.7 Å². The Morgan fingerprint density at radius 1 is 1.25 bits per heavy atom. The molecule has 3 atom stereocenters. The molecule has 4 nitrogen and oxygen atoms in total. The lowest BCUT2D eigenvalue weighted by Gasteiger charge is -2.42. The topological polar surface area (TPSA) is 50.4 Å². The van der Waals surface area contributed by atoms with Gasteiger partial charge in [-0.25, -0.2) is 0 Å². The maximum absolute atomic E-state index is 13.2. The lowest BCUT2D eigenvalue weighted by molar-refractivity contribution is -0.137. The summed E-state index contributed by atoms with van der Waals surface area (Å²) >= 11 is 0. The average molecular weight is 449 g/mol. The van der Waals surface area contributed by atoms with Crippen LogP contribution in [0.3, 0.4) is 0 Å². The number of piperidine rings is 1. The van der Waals surface area contributed by atoms with E-state index in [0.717, 1.165) is 24.5 Å². The van der Waals surface area contributed by atoms with Crippen LogP contribution in [0.15, 0.2) is 48.5 Å². The molecule has 0 unspecified atom stereocenters. The number of alkyl halides is 3. The van der Waals surface area contributed by atoms with Gasteiger partial charge in [-0.3, -0.25) is 4.79 Å². The second kappa shape index (κ2) is 10.0. The molecule has 1 aliphatic rings. The standard InChI is InChI=1S/C25H31F3N2O2/c1-17-11-20(14-22(12-17)25(26,27)28)18(2)32-16-24(21-7-5-4-6-8-21)10-9-19(15-30-24)13-23(31)29-3/h4-8,11-12,14,18-19,30H,9-10,13,15-16H2,1-3H3,(H,29,31)/t18-,19-,24-/m1/s1. The fourth-order valence-electron chi connectivity index (χ4n) is 4.30. The van der Waals surface area contributed by atoms with Crippen molar-refractivity contribution in [3.05, 3.63) is 70.8 Å². The highest BCUT2D eigenvalue weighted by atomic mass is 19.4. The number of rotatable bonds is 7. The molecule has 0 radical (unpaired) electrons. The van der Waals surface area contributed by atoms with E-state index >= 15 is 0 Å². The number of halogens is 3. The molecule has 1 aliphatic heterocycles. The fourth-order valence-corrected chi connectivity index (χ4v) is 4.30. The summed E-state index contributed by atoms with van der Waals surface area (Å²) in [5, 5.41) is 6.27. The van der Waals surface area contributed by atoms with Gasteiger partial charge in [-0.15, -0.1) is 0 Å². The number of ether oxygens (including phenoxy) is 1. The molecule has 174 valence electrons. The predicted molar refractivity (Wildman–Crippen MR) is 118 cm³/mol. The number of hydrogen-bond donors (Lipinski definition) is 2. The van der Waals surface area contributed by atoms with Gasteiger partial charge in [0.15, 0.2) is 0 Å². The number of carbonyl (C=O) groups is 1. The summed E-state index contributed by atoms with van der Waals surface area (Å²) in [7, 11) is 1.64. The molecule has 2 aromatic rings. The molecule has 0 spiro atoms. The van der Waals surface area contributed by atoms with Gasteiger partial charge >= 0.3 is 6.18 Å². The van der Waals surface area contributed by atoms with Crippen molar-refractivity contribution in [1.82, 2.24) is 10.6 Å². The average Bonchev–Trinajstić information content (AvgIpc) is 2.78. The number of benzene rings is 2. The monoisotopic (exact) mass is 448 g/mol. The van der Waals surface area contributed by atoms with Crippen LogP contribution in [0.2, 0.25) is 0 Å². The Morgan fingerprint density at radius 2 is 1.97 bits per heavy atom. The van der Waals surface area contributed by atoms with Gasteiger partial charge in [-0.1, -0.05) is 42.0 Å². The van der Waals surface area contributed by atoms with E-state index in [1.165, 1.54) is 6.07 Å². The van der Waals surface area contributed by atoms with Gasteiger partial charge in [0, 0.05) is 13.5 Å². The predicted octanol–water partition coefficient (Wildman–Crippen LogP) is 5.12. The molecule has 1 saturated heterocycles. The van der Waals surface area contributed by atoms with Crippen LogP contribution in [-0.4, -0.2) is 26.1 Å². The van der Waals surface area contributed by atoms with Gasteiger partial charge < -0.3 is 15.4 Å². The van der Waals surface area contributed by atoms with Crippen molar-refractivity contribution in [3.8, 4) is 0 Å². The van der Waals surface area contributed by atoms with Gasteiger partial charge in [-0.2, -0.15) is 13.2 Å². The van der Waals surface area contributed by atoms with Crippen molar-refractivity contribution < 1.29 is 22.7 Å². The Morgan fingerprint density at radius 3 is 2.56 bits per heavy atom. The van der Waals surface area contributed by atoms with Crippen molar-refractivity contribution in [2.24, 2.45) is 5.92 Å². The van der Waals surface area contributed by atoms with E-state index in [2.05, 4.69) is 10.6 Å². The summed E-state index contributed by atoms with van der Waals surface area (Å²) in [5.41, 5.74) is 1.02. The van der Waals surface area contributed by atoms with Gasteiger partial charge in [0.2, 0.25) is 5.91 Å². The second-order valence-corrected chi connectivity index (χ2v) is 8.69. The summed E-state index contributed by atoms with van der Waals surface area (Å²) in [4.78, 5) is 11.8. The summed E-state index contributed by atoms with van der Waals surface area (Å²) in [6, 6.07) is 14.0. The van der Waals surface area contributed by atoms with Crippen LogP contribution < -0.4 is 10.6 Å². The quantitative estimate of drug-likeness (QED) is 0.618. The zero-order chi connectivity index (χ0) is 23.4. The van der Waals surface area contributed by atoms with E-state index in [1.54, 1.807) is 27.0 Å². The van der Waals surface area contributed by atoms with Gasteiger partial charge in [0.25, 0.3) is 0 Å². The molecule has 3 rings (SSSR count). The highest BCUT2D eigenvalue weighted by molar-refractivity contribution is 5.75. The lowest BCUT2D eigenvalue weighted by atomic mass is 9.78. The van der Waals surface area contributed by atoms with Crippen molar-refractivity contribution >= 4 is 5.91 Å².